The van der Waals surface area contributed by atoms with E-state index in [1.54, 1.807) is 0 Å². The molecule has 1 aromatic carbocycles. The van der Waals surface area contributed by atoms with Crippen LogP contribution < -0.4 is 4.74 Å². The van der Waals surface area contributed by atoms with Gasteiger partial charge in [-0.3, -0.25) is 4.79 Å². The fraction of sp³-hybridized carbons (Fsp3) is 0.759. The van der Waals surface area contributed by atoms with Gasteiger partial charge >= 0.3 is 0 Å². The smallest absolute Gasteiger partial charge is 0.136 e. The number of Topliss-reactive ketones (excluding diaryl/α,β-unsaturated/α-hetero) is 1. The molecule has 0 spiro atoms. The molecule has 182 valence electrons. The van der Waals surface area contributed by atoms with Crippen molar-refractivity contribution in [2.75, 3.05) is 6.61 Å². The van der Waals surface area contributed by atoms with E-state index in [0.29, 0.717) is 24.5 Å². The second-order valence-corrected chi connectivity index (χ2v) is 9.88. The first-order valence-electron chi connectivity index (χ1n) is 13.5. The molecule has 0 N–H and O–H groups in total. The summed E-state index contributed by atoms with van der Waals surface area (Å²) in [5, 5.41) is 0. The van der Waals surface area contributed by atoms with Gasteiger partial charge in [-0.2, -0.15) is 0 Å². The van der Waals surface area contributed by atoms with Gasteiger partial charge in [-0.1, -0.05) is 96.6 Å². The van der Waals surface area contributed by atoms with Crippen molar-refractivity contribution < 1.29 is 13.9 Å². The van der Waals surface area contributed by atoms with Gasteiger partial charge in [0.15, 0.2) is 0 Å². The van der Waals surface area contributed by atoms with Crippen LogP contribution in [0.5, 0.6) is 5.75 Å². The molecule has 1 aromatic rings. The van der Waals surface area contributed by atoms with Crippen molar-refractivity contribution in [3.63, 3.8) is 0 Å². The topological polar surface area (TPSA) is 26.3 Å². The summed E-state index contributed by atoms with van der Waals surface area (Å²) in [6.45, 7) is 4.55. The second-order valence-electron chi connectivity index (χ2n) is 9.88. The summed E-state index contributed by atoms with van der Waals surface area (Å²) in [5.41, 5.74) is 1.22. The predicted molar refractivity (Wildman–Crippen MR) is 133 cm³/mol. The molecule has 0 aromatic heterocycles. The summed E-state index contributed by atoms with van der Waals surface area (Å²) < 4.78 is 19.6. The van der Waals surface area contributed by atoms with Gasteiger partial charge in [-0.15, -0.1) is 0 Å². The zero-order chi connectivity index (χ0) is 23.0. The van der Waals surface area contributed by atoms with E-state index < -0.39 is 6.17 Å². The maximum absolute atomic E-state index is 14.0. The number of ether oxygens (including phenoxy) is 1. The Bertz CT molecular complexity index is 612. The number of ketones is 1. The first kappa shape index (κ1) is 26.9. The molecule has 1 aliphatic carbocycles. The molecular weight excluding hydrogens is 399 g/mol. The van der Waals surface area contributed by atoms with Crippen molar-refractivity contribution in [3.05, 3.63) is 29.8 Å². The molecule has 1 fully saturated rings. The normalized spacial score (nSPS) is 19.8. The Morgan fingerprint density at radius 1 is 0.875 bits per heavy atom. The molecule has 1 aliphatic rings. The molecule has 3 heteroatoms. The summed E-state index contributed by atoms with van der Waals surface area (Å²) in [6.07, 6.45) is 17.1. The van der Waals surface area contributed by atoms with E-state index >= 15 is 0 Å². The highest BCUT2D eigenvalue weighted by Crippen LogP contribution is 2.36. The van der Waals surface area contributed by atoms with Crippen LogP contribution in [0, 0.1) is 5.92 Å². The number of hydrogen-bond donors (Lipinski definition) is 0. The molecule has 0 heterocycles. The van der Waals surface area contributed by atoms with Gasteiger partial charge in [0.25, 0.3) is 0 Å². The van der Waals surface area contributed by atoms with Crippen molar-refractivity contribution in [1.29, 1.82) is 0 Å². The first-order valence-corrected chi connectivity index (χ1v) is 13.5. The number of carbonyl (C=O) groups is 1. The Hall–Kier alpha value is -1.38. The highest BCUT2D eigenvalue weighted by atomic mass is 19.1. The Morgan fingerprint density at radius 3 is 2.16 bits per heavy atom. The monoisotopic (exact) mass is 446 g/mol. The lowest BCUT2D eigenvalue weighted by molar-refractivity contribution is -0.125. The van der Waals surface area contributed by atoms with E-state index in [2.05, 4.69) is 26.0 Å². The Labute approximate surface area is 196 Å². The van der Waals surface area contributed by atoms with Gasteiger partial charge in [0.05, 0.1) is 0 Å². The van der Waals surface area contributed by atoms with Crippen LogP contribution in [0.25, 0.3) is 0 Å². The number of carbonyl (C=O) groups excluding carboxylic acids is 1. The molecular formula is C29H47FO2. The lowest BCUT2D eigenvalue weighted by atomic mass is 9.76. The van der Waals surface area contributed by atoms with Crippen LogP contribution in [0.15, 0.2) is 24.3 Å². The van der Waals surface area contributed by atoms with Crippen LogP contribution in [-0.4, -0.2) is 18.6 Å². The van der Waals surface area contributed by atoms with Crippen LogP contribution in [0.1, 0.15) is 128 Å². The molecule has 1 saturated carbocycles. The van der Waals surface area contributed by atoms with Crippen LogP contribution in [0.2, 0.25) is 0 Å². The van der Waals surface area contributed by atoms with Gasteiger partial charge < -0.3 is 4.74 Å². The van der Waals surface area contributed by atoms with E-state index in [1.807, 2.05) is 12.1 Å². The number of unbranched alkanes of at least 4 members (excludes halogenated alkanes) is 9. The van der Waals surface area contributed by atoms with Crippen molar-refractivity contribution in [3.8, 4) is 5.75 Å². The van der Waals surface area contributed by atoms with Crippen molar-refractivity contribution in [2.45, 2.75) is 129 Å². The maximum atomic E-state index is 14.0. The molecule has 2 rings (SSSR count). The van der Waals surface area contributed by atoms with Gasteiger partial charge in [-0.05, 0) is 49.3 Å². The minimum atomic E-state index is -0.893. The number of hydrogen-bond acceptors (Lipinski definition) is 2. The Kier molecular flexibility index (Phi) is 13.7. The van der Waals surface area contributed by atoms with E-state index in [0.717, 1.165) is 37.9 Å². The fourth-order valence-corrected chi connectivity index (χ4v) is 4.91. The summed E-state index contributed by atoms with van der Waals surface area (Å²) in [6, 6.07) is 8.01. The van der Waals surface area contributed by atoms with E-state index in [-0.39, 0.29) is 12.5 Å². The highest BCUT2D eigenvalue weighted by molar-refractivity contribution is 5.82. The van der Waals surface area contributed by atoms with Crippen LogP contribution in [0.3, 0.4) is 0 Å². The summed E-state index contributed by atoms with van der Waals surface area (Å²) in [7, 11) is 0. The molecule has 0 aliphatic heterocycles. The lowest BCUT2D eigenvalue weighted by Crippen LogP contribution is -2.24. The maximum Gasteiger partial charge on any atom is 0.136 e. The third-order valence-corrected chi connectivity index (χ3v) is 7.08. The minimum absolute atomic E-state index is 0.133. The SMILES string of the molecule is CCCCCCCCCC1CCC(c2ccc(OC[C@H](F)CCCCCC)cc2)CC1=O. The number of rotatable bonds is 17. The van der Waals surface area contributed by atoms with Crippen molar-refractivity contribution in [2.24, 2.45) is 5.92 Å². The molecule has 0 radical (unpaired) electrons. The lowest BCUT2D eigenvalue weighted by Gasteiger charge is -2.28. The van der Waals surface area contributed by atoms with Crippen molar-refractivity contribution in [1.82, 2.24) is 0 Å². The van der Waals surface area contributed by atoms with Crippen LogP contribution in [0.4, 0.5) is 4.39 Å². The molecule has 3 atom stereocenters. The average Bonchev–Trinajstić information content (AvgIpc) is 2.81. The quantitative estimate of drug-likeness (QED) is 0.223. The third-order valence-electron chi connectivity index (χ3n) is 7.08. The Morgan fingerprint density at radius 2 is 1.50 bits per heavy atom. The summed E-state index contributed by atoms with van der Waals surface area (Å²) >= 11 is 0. The fourth-order valence-electron chi connectivity index (χ4n) is 4.91. The average molecular weight is 447 g/mol. The van der Waals surface area contributed by atoms with Gasteiger partial charge in [-0.25, -0.2) is 4.39 Å². The Balaban J connectivity index is 1.64. The molecule has 0 amide bonds. The molecule has 32 heavy (non-hydrogen) atoms. The molecule has 2 unspecified atom stereocenters. The van der Waals surface area contributed by atoms with Crippen LogP contribution >= 0.6 is 0 Å². The molecule has 0 saturated heterocycles. The predicted octanol–water partition coefficient (Wildman–Crippen LogP) is 8.97. The zero-order valence-electron chi connectivity index (χ0n) is 20.8. The number of alkyl halides is 1. The van der Waals surface area contributed by atoms with Gasteiger partial charge in [0.1, 0.15) is 24.3 Å². The first-order chi connectivity index (χ1) is 15.6. The largest absolute Gasteiger partial charge is 0.491 e. The highest BCUT2D eigenvalue weighted by Gasteiger charge is 2.28. The van der Waals surface area contributed by atoms with Gasteiger partial charge in [0, 0.05) is 12.3 Å². The summed E-state index contributed by atoms with van der Waals surface area (Å²) in [5.74, 6) is 1.79. The van der Waals surface area contributed by atoms with E-state index in [1.165, 1.54) is 63.4 Å². The molecule has 0 bridgehead atoms. The number of halogens is 1. The minimum Gasteiger partial charge on any atom is -0.491 e. The molecule has 2 nitrogen and oxygen atoms in total. The number of benzene rings is 1. The third kappa shape index (κ3) is 10.5. The van der Waals surface area contributed by atoms with E-state index in [9.17, 15) is 9.18 Å². The standard InChI is InChI=1S/C29H47FO2/c1-3-5-7-9-10-11-12-14-25-16-17-26(22-29(25)31)24-18-20-28(21-19-24)32-23-27(30)15-13-8-6-4-2/h18-21,25-27H,3-17,22-23H2,1-2H3/t25?,26?,27-/m1/s1. The van der Waals surface area contributed by atoms with Crippen LogP contribution in [-0.2, 0) is 4.79 Å². The van der Waals surface area contributed by atoms with E-state index in [4.69, 9.17) is 4.74 Å². The second kappa shape index (κ2) is 16.3. The van der Waals surface area contributed by atoms with Crippen molar-refractivity contribution >= 4 is 5.78 Å². The zero-order valence-corrected chi connectivity index (χ0v) is 20.8. The summed E-state index contributed by atoms with van der Waals surface area (Å²) in [4.78, 5) is 12.7. The van der Waals surface area contributed by atoms with Gasteiger partial charge in [0.2, 0.25) is 0 Å².